The van der Waals surface area contributed by atoms with Gasteiger partial charge in [-0.05, 0) is 96.7 Å². The van der Waals surface area contributed by atoms with Gasteiger partial charge in [0.15, 0.2) is 0 Å². The number of amides is 4. The third kappa shape index (κ3) is 8.35. The lowest BCUT2D eigenvalue weighted by molar-refractivity contribution is -0.136. The van der Waals surface area contributed by atoms with E-state index in [1.807, 2.05) is 24.8 Å². The zero-order chi connectivity index (χ0) is 41.9. The molecule has 60 heavy (non-hydrogen) atoms. The van der Waals surface area contributed by atoms with Crippen molar-refractivity contribution in [3.8, 4) is 28.1 Å². The summed E-state index contributed by atoms with van der Waals surface area (Å²) in [5.74, 6) is 0.989. The Morgan fingerprint density at radius 1 is 0.833 bits per heavy atom. The number of hydrogen-bond donors (Lipinski definition) is 4. The fraction of sp³-hybridized carbons (Fsp3) is 0.444. The molecule has 3 aliphatic rings. The number of fused-ring (bicyclic) bond motifs is 10. The second kappa shape index (κ2) is 17.6. The zero-order valence-corrected chi connectivity index (χ0v) is 34.5. The normalized spacial score (nSPS) is 20.4. The van der Waals surface area contributed by atoms with Gasteiger partial charge in [-0.2, -0.15) is 0 Å². The van der Waals surface area contributed by atoms with Crippen molar-refractivity contribution in [1.29, 1.82) is 0 Å². The molecule has 15 heteroatoms. The third-order valence-corrected chi connectivity index (χ3v) is 11.9. The van der Waals surface area contributed by atoms with E-state index in [-0.39, 0.29) is 36.4 Å². The fourth-order valence-corrected chi connectivity index (χ4v) is 8.75. The number of aromatic nitrogens is 3. The number of likely N-dealkylation sites (tertiary alicyclic amines) is 1. The maximum Gasteiger partial charge on any atom is 0.407 e. The molecule has 3 aliphatic heterocycles. The molecule has 316 valence electrons. The van der Waals surface area contributed by atoms with Gasteiger partial charge in [-0.1, -0.05) is 38.1 Å². The van der Waals surface area contributed by atoms with Gasteiger partial charge in [-0.15, -0.1) is 0 Å². The summed E-state index contributed by atoms with van der Waals surface area (Å²) in [4.78, 5) is 67.3. The smallest absolute Gasteiger partial charge is 0.407 e. The quantitative estimate of drug-likeness (QED) is 0.140. The number of nitrogens with one attached hydrogen (secondary N) is 4. The van der Waals surface area contributed by atoms with Crippen LogP contribution in [-0.4, -0.2) is 108 Å². The SMILES string of the molecule is COC(=O)N[C@H]1COCCCCOc2cc(cc3ccc(-c4ccc5cc([C@H]6CCCN6C(=O)[C@@H](NC(=O)OC)C(C)C)[nH]c5c4)cc23)-c2cnc([nH]2)[C@@H]2CCCN2C1=O. The number of rotatable bonds is 6. The van der Waals surface area contributed by atoms with Gasteiger partial charge in [0.1, 0.15) is 23.7 Å². The van der Waals surface area contributed by atoms with Crippen molar-refractivity contribution >= 4 is 45.7 Å². The molecule has 4 bridgehead atoms. The summed E-state index contributed by atoms with van der Waals surface area (Å²) in [7, 11) is 2.57. The highest BCUT2D eigenvalue weighted by Crippen LogP contribution is 2.39. The van der Waals surface area contributed by atoms with E-state index in [2.05, 4.69) is 69.1 Å². The maximum absolute atomic E-state index is 13.8. The van der Waals surface area contributed by atoms with Gasteiger partial charge in [-0.25, -0.2) is 14.6 Å². The Hall–Kier alpha value is -6.09. The number of hydrogen-bond acceptors (Lipinski definition) is 9. The second-order valence-corrected chi connectivity index (χ2v) is 16.2. The molecule has 0 aliphatic carbocycles. The Bertz CT molecular complexity index is 2390. The van der Waals surface area contributed by atoms with Crippen molar-refractivity contribution < 1.29 is 38.1 Å². The lowest BCUT2D eigenvalue weighted by atomic mass is 9.98. The highest BCUT2D eigenvalue weighted by atomic mass is 16.5. The molecule has 2 fully saturated rings. The summed E-state index contributed by atoms with van der Waals surface area (Å²) in [5.41, 5.74) is 5.73. The summed E-state index contributed by atoms with van der Waals surface area (Å²) in [5, 5.41) is 8.43. The molecule has 5 aromatic rings. The first-order valence-corrected chi connectivity index (χ1v) is 20.9. The molecule has 4 N–H and O–H groups in total. The van der Waals surface area contributed by atoms with E-state index in [9.17, 15) is 19.2 Å². The van der Waals surface area contributed by atoms with Crippen molar-refractivity contribution in [3.05, 3.63) is 72.3 Å². The molecular formula is C45H53N7O8. The van der Waals surface area contributed by atoms with Crippen LogP contribution < -0.4 is 15.4 Å². The molecule has 0 spiro atoms. The van der Waals surface area contributed by atoms with E-state index >= 15 is 0 Å². The first kappa shape index (κ1) is 40.7. The number of aromatic amines is 2. The molecular weight excluding hydrogens is 767 g/mol. The number of H-pyrrole nitrogens is 2. The summed E-state index contributed by atoms with van der Waals surface area (Å²) < 4.78 is 22.1. The maximum atomic E-state index is 13.8. The average Bonchev–Trinajstić information content (AvgIpc) is 4.09. The Labute approximate surface area is 348 Å². The molecule has 8 rings (SSSR count). The van der Waals surface area contributed by atoms with Crippen molar-refractivity contribution in [1.82, 2.24) is 35.4 Å². The molecule has 5 heterocycles. The molecule has 2 saturated heterocycles. The van der Waals surface area contributed by atoms with E-state index in [4.69, 9.17) is 23.9 Å². The average molecular weight is 820 g/mol. The summed E-state index contributed by atoms with van der Waals surface area (Å²) in [6, 6.07) is 17.1. The molecule has 0 saturated carbocycles. The minimum atomic E-state index is -0.886. The molecule has 4 atom stereocenters. The number of alkyl carbamates (subject to hydrolysis) is 2. The summed E-state index contributed by atoms with van der Waals surface area (Å²) in [6.45, 7) is 5.87. The number of carbonyl (C=O) groups excluding carboxylic acids is 4. The summed E-state index contributed by atoms with van der Waals surface area (Å²) >= 11 is 0. The number of ether oxygens (including phenoxy) is 4. The van der Waals surface area contributed by atoms with E-state index in [1.54, 1.807) is 11.1 Å². The zero-order valence-electron chi connectivity index (χ0n) is 34.5. The lowest BCUT2D eigenvalue weighted by Crippen LogP contribution is -2.51. The van der Waals surface area contributed by atoms with Gasteiger partial charge in [0.05, 0.1) is 51.4 Å². The van der Waals surface area contributed by atoms with Crippen LogP contribution in [0, 0.1) is 5.92 Å². The van der Waals surface area contributed by atoms with Gasteiger partial charge in [0.2, 0.25) is 11.8 Å². The Morgan fingerprint density at radius 3 is 2.38 bits per heavy atom. The van der Waals surface area contributed by atoms with Gasteiger partial charge < -0.3 is 49.3 Å². The van der Waals surface area contributed by atoms with Crippen LogP contribution >= 0.6 is 0 Å². The van der Waals surface area contributed by atoms with Crippen LogP contribution in [-0.2, 0) is 23.8 Å². The minimum Gasteiger partial charge on any atom is -0.493 e. The highest BCUT2D eigenvalue weighted by molar-refractivity contribution is 5.96. The van der Waals surface area contributed by atoms with E-state index < -0.39 is 24.3 Å². The predicted molar refractivity (Wildman–Crippen MR) is 225 cm³/mol. The highest BCUT2D eigenvalue weighted by Gasteiger charge is 2.38. The van der Waals surface area contributed by atoms with Crippen molar-refractivity contribution in [2.45, 2.75) is 76.5 Å². The molecule has 4 amide bonds. The second-order valence-electron chi connectivity index (χ2n) is 16.2. The largest absolute Gasteiger partial charge is 0.493 e. The van der Waals surface area contributed by atoms with Crippen LogP contribution in [0.2, 0.25) is 0 Å². The van der Waals surface area contributed by atoms with E-state index in [0.29, 0.717) is 45.0 Å². The number of imidazole rings is 1. The third-order valence-electron chi connectivity index (χ3n) is 11.9. The van der Waals surface area contributed by atoms with Crippen molar-refractivity contribution in [3.63, 3.8) is 0 Å². The fourth-order valence-electron chi connectivity index (χ4n) is 8.75. The van der Waals surface area contributed by atoms with Gasteiger partial charge in [-0.3, -0.25) is 9.59 Å². The Morgan fingerprint density at radius 2 is 1.58 bits per heavy atom. The lowest BCUT2D eigenvalue weighted by Gasteiger charge is -2.30. The van der Waals surface area contributed by atoms with Crippen LogP contribution in [0.15, 0.2) is 60.8 Å². The van der Waals surface area contributed by atoms with Crippen LogP contribution in [0.1, 0.15) is 76.0 Å². The van der Waals surface area contributed by atoms with Crippen molar-refractivity contribution in [2.24, 2.45) is 5.92 Å². The topological polar surface area (TPSA) is 180 Å². The first-order valence-electron chi connectivity index (χ1n) is 20.9. The molecule has 0 radical (unpaired) electrons. The molecule has 0 unspecified atom stereocenters. The van der Waals surface area contributed by atoms with Crippen molar-refractivity contribution in [2.75, 3.05) is 47.1 Å². The van der Waals surface area contributed by atoms with Gasteiger partial charge >= 0.3 is 12.2 Å². The number of methoxy groups -OCH3 is 2. The van der Waals surface area contributed by atoms with Crippen LogP contribution in [0.3, 0.4) is 0 Å². The number of carbonyl (C=O) groups is 4. The Balaban J connectivity index is 1.07. The van der Waals surface area contributed by atoms with E-state index in [1.165, 1.54) is 14.2 Å². The Kier molecular flexibility index (Phi) is 12.0. The first-order chi connectivity index (χ1) is 29.1. The van der Waals surface area contributed by atoms with Crippen LogP contribution in [0.5, 0.6) is 5.75 Å². The van der Waals surface area contributed by atoms with Gasteiger partial charge in [0.25, 0.3) is 0 Å². The number of benzene rings is 3. The van der Waals surface area contributed by atoms with Crippen LogP contribution in [0.25, 0.3) is 44.1 Å². The monoisotopic (exact) mass is 819 g/mol. The summed E-state index contributed by atoms with van der Waals surface area (Å²) in [6.07, 6.45) is 5.15. The molecule has 15 nitrogen and oxygen atoms in total. The molecule has 3 aromatic carbocycles. The molecule has 2 aromatic heterocycles. The van der Waals surface area contributed by atoms with Gasteiger partial charge in [0, 0.05) is 41.9 Å². The minimum absolute atomic E-state index is 0.0266. The predicted octanol–water partition coefficient (Wildman–Crippen LogP) is 7.00. The van der Waals surface area contributed by atoms with E-state index in [0.717, 1.165) is 81.2 Å². The van der Waals surface area contributed by atoms with Crippen LogP contribution in [0.4, 0.5) is 9.59 Å². The standard InChI is InChI=1S/C45H53N7O8/c1-26(2)40(50-45(56)58-4)43(54)51-15-7-9-37(51)34-22-30-14-12-28(21-33(30)47-34)27-11-13-29-19-31-23-39(32(29)20-27)60-18-6-5-17-59-25-36(49-44(55)57-3)42(53)52-16-8-10-38(52)41-46-24-35(31)48-41/h11-14,19-24,26,36-38,40,47H,5-10,15-18,25H2,1-4H3,(H,46,48)(H,49,55)(H,50,56)/t36-,37+,38-,40-/m0/s1. The number of nitrogens with zero attached hydrogens (tertiary/aromatic N) is 3.